The van der Waals surface area contributed by atoms with E-state index < -0.39 is 4.92 Å². The van der Waals surface area contributed by atoms with Gasteiger partial charge in [-0.15, -0.1) is 0 Å². The van der Waals surface area contributed by atoms with Crippen LogP contribution >= 0.6 is 31.9 Å². The molecule has 0 atom stereocenters. The van der Waals surface area contributed by atoms with Crippen molar-refractivity contribution in [2.75, 3.05) is 59.8 Å². The third-order valence-corrected chi connectivity index (χ3v) is 10.3. The highest BCUT2D eigenvalue weighted by atomic mass is 79.9. The molecule has 0 saturated carbocycles. The Balaban J connectivity index is 1.41. The number of methoxy groups -OCH3 is 2. The van der Waals surface area contributed by atoms with Crippen LogP contribution in [0.1, 0.15) is 39.2 Å². The number of aromatic nitrogens is 3. The summed E-state index contributed by atoms with van der Waals surface area (Å²) in [5.41, 5.74) is 1.93. The van der Waals surface area contributed by atoms with E-state index >= 15 is 0 Å². The van der Waals surface area contributed by atoms with Gasteiger partial charge in [0.2, 0.25) is 11.9 Å². The Kier molecular flexibility index (Phi) is 11.4. The maximum atomic E-state index is 14.6. The molecule has 2 aliphatic rings. The van der Waals surface area contributed by atoms with Gasteiger partial charge in [0.1, 0.15) is 29.9 Å². The lowest BCUT2D eigenvalue weighted by Crippen LogP contribution is -2.42. The molecule has 16 heteroatoms. The summed E-state index contributed by atoms with van der Waals surface area (Å²) in [7, 11) is 7.03. The Morgan fingerprint density at radius 3 is 2.42 bits per heavy atom. The molecule has 50 heavy (non-hydrogen) atoms. The van der Waals surface area contributed by atoms with Crippen molar-refractivity contribution in [2.24, 2.45) is 4.99 Å². The summed E-state index contributed by atoms with van der Waals surface area (Å²) in [5, 5.41) is 15.2. The van der Waals surface area contributed by atoms with E-state index in [4.69, 9.17) is 14.5 Å². The second-order valence-electron chi connectivity index (χ2n) is 13.2. The molecule has 5 rings (SSSR count). The monoisotopic (exact) mass is 815 g/mol. The molecule has 4 heterocycles. The van der Waals surface area contributed by atoms with Gasteiger partial charge >= 0.3 is 5.82 Å². The molecule has 1 amide bonds. The molecule has 0 spiro atoms. The summed E-state index contributed by atoms with van der Waals surface area (Å²) in [6, 6.07) is 3.37. The van der Waals surface area contributed by atoms with Crippen LogP contribution in [-0.4, -0.2) is 101 Å². The van der Waals surface area contributed by atoms with Crippen molar-refractivity contribution in [3.63, 3.8) is 0 Å². The van der Waals surface area contributed by atoms with Crippen LogP contribution in [0.25, 0.3) is 22.2 Å². The van der Waals surface area contributed by atoms with Crippen LogP contribution in [0.2, 0.25) is 0 Å². The van der Waals surface area contributed by atoms with Crippen molar-refractivity contribution in [2.45, 2.75) is 45.2 Å². The van der Waals surface area contributed by atoms with Gasteiger partial charge < -0.3 is 34.3 Å². The lowest BCUT2D eigenvalue weighted by atomic mass is 10.0. The Morgan fingerprint density at radius 2 is 1.82 bits per heavy atom. The number of ether oxygens (including phenoxy) is 2. The number of carbonyl (C=O) groups is 1. The summed E-state index contributed by atoms with van der Waals surface area (Å²) in [6.07, 6.45) is 8.20. The molecular formula is C34H41Br2N8O6+. The molecule has 2 aromatic heterocycles. The van der Waals surface area contributed by atoms with Gasteiger partial charge in [-0.05, 0) is 75.6 Å². The maximum absolute atomic E-state index is 14.6. The number of benzene rings is 1. The van der Waals surface area contributed by atoms with Gasteiger partial charge in [0.05, 0.1) is 54.9 Å². The van der Waals surface area contributed by atoms with Gasteiger partial charge in [-0.1, -0.05) is 4.99 Å². The molecule has 266 valence electrons. The van der Waals surface area contributed by atoms with Crippen LogP contribution in [0.15, 0.2) is 60.6 Å². The van der Waals surface area contributed by atoms with Gasteiger partial charge in [0.25, 0.3) is 5.56 Å². The second kappa shape index (κ2) is 15.4. The van der Waals surface area contributed by atoms with E-state index in [9.17, 15) is 19.7 Å². The lowest BCUT2D eigenvalue weighted by molar-refractivity contribution is -0.880. The number of nitrogens with one attached hydrogen (secondary N) is 1. The summed E-state index contributed by atoms with van der Waals surface area (Å²) >= 11 is 7.30. The quantitative estimate of drug-likeness (QED) is 0.107. The summed E-state index contributed by atoms with van der Waals surface area (Å²) < 4.78 is 14.5. The molecular weight excluding hydrogens is 776 g/mol. The van der Waals surface area contributed by atoms with Crippen LogP contribution in [0.3, 0.4) is 0 Å². The lowest BCUT2D eigenvalue weighted by Gasteiger charge is -2.33. The third-order valence-electron chi connectivity index (χ3n) is 8.69. The molecule has 1 aromatic carbocycles. The standard InChI is InChI=1S/C34H40Br2N8O6/c1-20(2)39-34-38-18-22-16-24(28-29(35)25(49-5)17-26(50-6)30(28)36)33(46)42(32(22)40-34)23-10-13-41(14-11-23)27(45)8-7-15-44(3,4)19-21-9-12-37-31(21)43(47)48/h7-8,12,16-18,20,23H,9-11,13-15,19H2,1-6H3/p+1/b8-7+. The van der Waals surface area contributed by atoms with E-state index in [1.54, 1.807) is 54.3 Å². The van der Waals surface area contributed by atoms with Crippen molar-refractivity contribution in [3.8, 4) is 22.6 Å². The van der Waals surface area contributed by atoms with Crippen molar-refractivity contribution in [1.29, 1.82) is 0 Å². The Morgan fingerprint density at radius 1 is 1.16 bits per heavy atom. The number of piperidine rings is 1. The fraction of sp³-hybridized carbons (Fsp3) is 0.441. The van der Waals surface area contributed by atoms with Crippen LogP contribution in [0, 0.1) is 10.1 Å². The number of fused-ring (bicyclic) bond motifs is 1. The predicted molar refractivity (Wildman–Crippen MR) is 199 cm³/mol. The van der Waals surface area contributed by atoms with E-state index in [2.05, 4.69) is 47.2 Å². The minimum absolute atomic E-state index is 0.0843. The van der Waals surface area contributed by atoms with Gasteiger partial charge in [0, 0.05) is 60.9 Å². The largest absolute Gasteiger partial charge is 0.495 e. The number of quaternary nitrogens is 1. The number of halogens is 2. The molecule has 1 fully saturated rings. The first-order valence-electron chi connectivity index (χ1n) is 16.2. The summed E-state index contributed by atoms with van der Waals surface area (Å²) in [6.45, 7) is 5.84. The minimum Gasteiger partial charge on any atom is -0.495 e. The second-order valence-corrected chi connectivity index (χ2v) is 14.8. The highest BCUT2D eigenvalue weighted by molar-refractivity contribution is 9.11. The maximum Gasteiger partial charge on any atom is 0.368 e. The summed E-state index contributed by atoms with van der Waals surface area (Å²) in [4.78, 5) is 53.7. The van der Waals surface area contributed by atoms with Crippen LogP contribution in [0.4, 0.5) is 5.95 Å². The van der Waals surface area contributed by atoms with Crippen LogP contribution < -0.4 is 20.3 Å². The van der Waals surface area contributed by atoms with E-state index in [1.807, 2.05) is 34.0 Å². The number of anilines is 1. The first-order chi connectivity index (χ1) is 23.7. The predicted octanol–water partition coefficient (Wildman–Crippen LogP) is 5.58. The number of nitro groups is 1. The molecule has 1 N–H and O–H groups in total. The highest BCUT2D eigenvalue weighted by Gasteiger charge is 2.30. The topological polar surface area (TPSA) is 154 Å². The number of aliphatic imine (C=N–C) groups is 1. The van der Waals surface area contributed by atoms with E-state index in [1.165, 1.54) is 0 Å². The number of likely N-dealkylation sites (tertiary alicyclic amines) is 1. The first-order valence-corrected chi connectivity index (χ1v) is 17.8. The average molecular weight is 818 g/mol. The molecule has 0 unspecified atom stereocenters. The van der Waals surface area contributed by atoms with Gasteiger partial charge in [-0.25, -0.2) is 4.98 Å². The molecule has 2 aliphatic heterocycles. The van der Waals surface area contributed by atoms with E-state index in [0.717, 1.165) is 0 Å². The van der Waals surface area contributed by atoms with Gasteiger partial charge in [0.15, 0.2) is 0 Å². The van der Waals surface area contributed by atoms with Crippen molar-refractivity contribution >= 4 is 61.0 Å². The number of nitrogens with zero attached hydrogens (tertiary/aromatic N) is 7. The number of amides is 1. The fourth-order valence-corrected chi connectivity index (χ4v) is 7.94. The Labute approximate surface area is 306 Å². The van der Waals surface area contributed by atoms with Crippen molar-refractivity contribution in [3.05, 3.63) is 71.3 Å². The Hall–Kier alpha value is -4.15. The van der Waals surface area contributed by atoms with Gasteiger partial charge in [-0.3, -0.25) is 14.2 Å². The third kappa shape index (κ3) is 7.92. The van der Waals surface area contributed by atoms with Crippen LogP contribution in [-0.2, 0) is 4.79 Å². The highest BCUT2D eigenvalue weighted by Crippen LogP contribution is 2.46. The molecule has 14 nitrogen and oxygen atoms in total. The van der Waals surface area contributed by atoms with E-state index in [-0.39, 0.29) is 29.4 Å². The zero-order valence-corrected chi connectivity index (χ0v) is 32.1. The smallest absolute Gasteiger partial charge is 0.368 e. The molecule has 0 aliphatic carbocycles. The number of carbonyl (C=O) groups excluding carboxylic acids is 1. The van der Waals surface area contributed by atoms with Crippen molar-refractivity contribution < 1.29 is 23.7 Å². The van der Waals surface area contributed by atoms with E-state index in [0.29, 0.717) is 104 Å². The molecule has 0 bridgehead atoms. The number of hydrogen-bond acceptors (Lipinski definition) is 10. The Bertz CT molecular complexity index is 1940. The fourth-order valence-electron chi connectivity index (χ4n) is 6.29. The SMILES string of the molecule is COc1cc(OC)c(Br)c(-c2cc3cnc(NC(C)C)nc3n(C3CCN(C(=O)/C=C/C[N+](C)(C)CC4=C([N+](=O)[O-])N=CC4)CC3)c2=O)c1Br. The van der Waals surface area contributed by atoms with Gasteiger partial charge in [-0.2, -0.15) is 4.98 Å². The molecule has 0 radical (unpaired) electrons. The summed E-state index contributed by atoms with van der Waals surface area (Å²) in [5.74, 6) is 1.23. The minimum atomic E-state index is -0.447. The first kappa shape index (κ1) is 37.1. The number of pyridine rings is 1. The van der Waals surface area contributed by atoms with Crippen LogP contribution in [0.5, 0.6) is 11.5 Å². The molecule has 3 aromatic rings. The number of hydrogen-bond donors (Lipinski definition) is 1. The zero-order chi connectivity index (χ0) is 36.3. The van der Waals surface area contributed by atoms with Crippen molar-refractivity contribution in [1.82, 2.24) is 19.4 Å². The number of rotatable bonds is 12. The molecule has 1 saturated heterocycles. The zero-order valence-electron chi connectivity index (χ0n) is 28.9. The number of likely N-dealkylation sites (N-methyl/N-ethyl adjacent to an activating group) is 1. The normalized spacial score (nSPS) is 15.5. The average Bonchev–Trinajstić information content (AvgIpc) is 3.53.